The van der Waals surface area contributed by atoms with Gasteiger partial charge in [-0.3, -0.25) is 0 Å². The Morgan fingerprint density at radius 3 is 0.868 bits per heavy atom. The van der Waals surface area contributed by atoms with E-state index in [0.29, 0.717) is 11.3 Å². The molecule has 1 aliphatic carbocycles. The standard InChI is InChI=1S/C38H76/c1-23-21-19-18-20-22-24(2)26(4)28(6)34(12)36(14)38(16,17)37(15)35(13)33(11)32(10)31(9)30(8)29(7)27(5)25(23)3/h23-37H,18-22H2,1-17H3. The van der Waals surface area contributed by atoms with Crippen molar-refractivity contribution in [2.75, 3.05) is 0 Å². The van der Waals surface area contributed by atoms with Crippen molar-refractivity contribution >= 4 is 0 Å². The van der Waals surface area contributed by atoms with E-state index >= 15 is 0 Å². The maximum Gasteiger partial charge on any atom is -0.0298 e. The molecule has 0 nitrogen and oxygen atoms in total. The molecule has 0 heteroatoms. The van der Waals surface area contributed by atoms with Crippen molar-refractivity contribution in [2.45, 2.75) is 150 Å². The zero-order valence-corrected chi connectivity index (χ0v) is 29.7. The summed E-state index contributed by atoms with van der Waals surface area (Å²) < 4.78 is 0. The fourth-order valence-electron chi connectivity index (χ4n) is 8.70. The third-order valence-electron chi connectivity index (χ3n) is 15.0. The molecule has 0 saturated heterocycles. The fourth-order valence-corrected chi connectivity index (χ4v) is 8.70. The van der Waals surface area contributed by atoms with Gasteiger partial charge < -0.3 is 0 Å². The van der Waals surface area contributed by atoms with Gasteiger partial charge in [0.1, 0.15) is 0 Å². The first kappa shape index (κ1) is 36.0. The van der Waals surface area contributed by atoms with Crippen LogP contribution in [0.25, 0.3) is 0 Å². The normalized spacial score (nSPS) is 49.7. The van der Waals surface area contributed by atoms with Crippen molar-refractivity contribution in [1.82, 2.24) is 0 Å². The quantitative estimate of drug-likeness (QED) is 0.291. The van der Waals surface area contributed by atoms with Gasteiger partial charge in [0, 0.05) is 0 Å². The molecule has 15 unspecified atom stereocenters. The molecule has 0 bridgehead atoms. The summed E-state index contributed by atoms with van der Waals surface area (Å²) in [6.07, 6.45) is 7.07. The average Bonchev–Trinajstić information content (AvgIpc) is 2.90. The van der Waals surface area contributed by atoms with Gasteiger partial charge in [0.2, 0.25) is 0 Å². The Labute approximate surface area is 243 Å². The van der Waals surface area contributed by atoms with Crippen LogP contribution in [0.15, 0.2) is 0 Å². The molecule has 0 N–H and O–H groups in total. The molecule has 0 spiro atoms. The topological polar surface area (TPSA) is 0 Å². The highest BCUT2D eigenvalue weighted by atomic mass is 14.5. The van der Waals surface area contributed by atoms with Crippen LogP contribution in [0.5, 0.6) is 0 Å². The molecule has 0 radical (unpaired) electrons. The number of hydrogen-bond donors (Lipinski definition) is 0. The maximum absolute atomic E-state index is 2.60. The molecule has 38 heavy (non-hydrogen) atoms. The first-order chi connectivity index (χ1) is 17.4. The minimum Gasteiger partial charge on any atom is -0.0622 e. The predicted molar refractivity (Wildman–Crippen MR) is 174 cm³/mol. The highest BCUT2D eigenvalue weighted by Crippen LogP contribution is 2.49. The molecular formula is C38H76. The molecule has 1 saturated carbocycles. The van der Waals surface area contributed by atoms with Crippen LogP contribution in [-0.4, -0.2) is 0 Å². The van der Waals surface area contributed by atoms with Crippen molar-refractivity contribution in [1.29, 1.82) is 0 Å². The molecule has 0 aromatic heterocycles. The van der Waals surface area contributed by atoms with E-state index in [4.69, 9.17) is 0 Å². The zero-order valence-electron chi connectivity index (χ0n) is 29.7. The lowest BCUT2D eigenvalue weighted by atomic mass is 9.57. The Kier molecular flexibility index (Phi) is 14.5. The Morgan fingerprint density at radius 2 is 0.553 bits per heavy atom. The summed E-state index contributed by atoms with van der Waals surface area (Å²) in [6.45, 7) is 43.8. The second-order valence-electron chi connectivity index (χ2n) is 16.4. The Balaban J connectivity index is 3.29. The third kappa shape index (κ3) is 8.51. The van der Waals surface area contributed by atoms with Crippen molar-refractivity contribution < 1.29 is 0 Å². The summed E-state index contributed by atoms with van der Waals surface area (Å²) >= 11 is 0. The second-order valence-corrected chi connectivity index (χ2v) is 16.4. The molecule has 1 aliphatic rings. The van der Waals surface area contributed by atoms with Gasteiger partial charge in [0.15, 0.2) is 0 Å². The van der Waals surface area contributed by atoms with E-state index in [2.05, 4.69) is 118 Å². The molecule has 0 aromatic carbocycles. The summed E-state index contributed by atoms with van der Waals surface area (Å²) in [6, 6.07) is 0. The molecule has 0 heterocycles. The first-order valence-electron chi connectivity index (χ1n) is 17.4. The Morgan fingerprint density at radius 1 is 0.316 bits per heavy atom. The highest BCUT2D eigenvalue weighted by molar-refractivity contribution is 4.91. The van der Waals surface area contributed by atoms with Crippen molar-refractivity contribution in [3.8, 4) is 0 Å². The van der Waals surface area contributed by atoms with Gasteiger partial charge in [0.05, 0.1) is 0 Å². The molecule has 0 aliphatic heterocycles. The lowest BCUT2D eigenvalue weighted by molar-refractivity contribution is 0.00219. The average molecular weight is 533 g/mol. The molecule has 1 fully saturated rings. The lowest BCUT2D eigenvalue weighted by Gasteiger charge is -2.48. The maximum atomic E-state index is 2.60. The minimum absolute atomic E-state index is 0.338. The van der Waals surface area contributed by atoms with Gasteiger partial charge in [-0.05, 0) is 94.2 Å². The van der Waals surface area contributed by atoms with Crippen LogP contribution in [0.1, 0.15) is 150 Å². The molecular weight excluding hydrogens is 456 g/mol. The molecule has 228 valence electrons. The van der Waals surface area contributed by atoms with Gasteiger partial charge >= 0.3 is 0 Å². The van der Waals surface area contributed by atoms with Crippen molar-refractivity contribution in [3.05, 3.63) is 0 Å². The zero-order chi connectivity index (χ0) is 29.7. The van der Waals surface area contributed by atoms with Crippen LogP contribution in [0, 0.1) is 94.2 Å². The van der Waals surface area contributed by atoms with Crippen molar-refractivity contribution in [2.24, 2.45) is 94.2 Å². The van der Waals surface area contributed by atoms with Crippen LogP contribution < -0.4 is 0 Å². The lowest BCUT2D eigenvalue weighted by Crippen LogP contribution is -2.42. The van der Waals surface area contributed by atoms with Gasteiger partial charge in [0.25, 0.3) is 0 Å². The van der Waals surface area contributed by atoms with Gasteiger partial charge in [-0.25, -0.2) is 0 Å². The van der Waals surface area contributed by atoms with Crippen LogP contribution >= 0.6 is 0 Å². The second kappa shape index (κ2) is 15.3. The SMILES string of the molecule is CC1CCCCCC(C)C(C)C(C)C(C)C(C)C(C)(C)C(C)C(C)C(C)C(C)C(C)C(C)C(C)C(C)C1C. The van der Waals surface area contributed by atoms with Crippen LogP contribution in [0.3, 0.4) is 0 Å². The fraction of sp³-hybridized carbons (Fsp3) is 1.00. The first-order valence-corrected chi connectivity index (χ1v) is 17.4. The van der Waals surface area contributed by atoms with E-state index in [-0.39, 0.29) is 0 Å². The van der Waals surface area contributed by atoms with Crippen molar-refractivity contribution in [3.63, 3.8) is 0 Å². The van der Waals surface area contributed by atoms with Crippen LogP contribution in [0.2, 0.25) is 0 Å². The van der Waals surface area contributed by atoms with E-state index in [0.717, 1.165) is 82.9 Å². The van der Waals surface area contributed by atoms with Gasteiger partial charge in [-0.2, -0.15) is 0 Å². The minimum atomic E-state index is 0.338. The smallest absolute Gasteiger partial charge is 0.0298 e. The summed E-state index contributed by atoms with van der Waals surface area (Å²) in [7, 11) is 0. The van der Waals surface area contributed by atoms with Crippen LogP contribution in [0.4, 0.5) is 0 Å². The highest BCUT2D eigenvalue weighted by Gasteiger charge is 2.42. The third-order valence-corrected chi connectivity index (χ3v) is 15.0. The number of rotatable bonds is 0. The van der Waals surface area contributed by atoms with E-state index in [1.54, 1.807) is 0 Å². The summed E-state index contributed by atoms with van der Waals surface area (Å²) in [5.41, 5.74) is 0.338. The van der Waals surface area contributed by atoms with E-state index < -0.39 is 0 Å². The largest absolute Gasteiger partial charge is 0.0622 e. The predicted octanol–water partition coefficient (Wildman–Crippen LogP) is 12.5. The van der Waals surface area contributed by atoms with E-state index in [1.165, 1.54) is 32.1 Å². The summed E-state index contributed by atoms with van der Waals surface area (Å²) in [5.74, 6) is 11.6. The molecule has 15 atom stereocenters. The van der Waals surface area contributed by atoms with E-state index in [1.807, 2.05) is 0 Å². The van der Waals surface area contributed by atoms with Gasteiger partial charge in [-0.15, -0.1) is 0 Å². The molecule has 0 amide bonds. The van der Waals surface area contributed by atoms with E-state index in [9.17, 15) is 0 Å². The summed E-state index contributed by atoms with van der Waals surface area (Å²) in [4.78, 5) is 0. The Hall–Kier alpha value is 0. The monoisotopic (exact) mass is 533 g/mol. The molecule has 1 rings (SSSR count). The molecule has 0 aromatic rings. The summed E-state index contributed by atoms with van der Waals surface area (Å²) in [5, 5.41) is 0. The number of hydrogen-bond acceptors (Lipinski definition) is 0. The van der Waals surface area contributed by atoms with Gasteiger partial charge in [-0.1, -0.05) is 150 Å². The van der Waals surface area contributed by atoms with Crippen LogP contribution in [-0.2, 0) is 0 Å². The Bertz CT molecular complexity index is 646.